The van der Waals surface area contributed by atoms with Crippen molar-refractivity contribution in [1.29, 1.82) is 0 Å². The van der Waals surface area contributed by atoms with Gasteiger partial charge in [-0.3, -0.25) is 19.7 Å². The van der Waals surface area contributed by atoms with E-state index in [1.165, 1.54) is 5.48 Å². The second-order valence-corrected chi connectivity index (χ2v) is 5.20. The van der Waals surface area contributed by atoms with E-state index in [1.807, 2.05) is 48.5 Å². The van der Waals surface area contributed by atoms with Crippen molar-refractivity contribution in [3.8, 4) is 0 Å². The van der Waals surface area contributed by atoms with Gasteiger partial charge in [-0.15, -0.1) is 0 Å². The van der Waals surface area contributed by atoms with Crippen molar-refractivity contribution < 1.29 is 14.8 Å². The van der Waals surface area contributed by atoms with Crippen LogP contribution in [0.5, 0.6) is 0 Å². The average molecular weight is 296 g/mol. The highest BCUT2D eigenvalue weighted by Gasteiger charge is 2.26. The first-order valence-corrected chi connectivity index (χ1v) is 7.12. The lowest BCUT2D eigenvalue weighted by Crippen LogP contribution is -2.32. The van der Waals surface area contributed by atoms with Crippen LogP contribution in [0.2, 0.25) is 0 Å². The van der Waals surface area contributed by atoms with Crippen molar-refractivity contribution in [2.45, 2.75) is 19.3 Å². The van der Waals surface area contributed by atoms with Crippen LogP contribution in [0.3, 0.4) is 0 Å². The van der Waals surface area contributed by atoms with Crippen LogP contribution in [0.4, 0.5) is 11.4 Å². The Morgan fingerprint density at radius 1 is 0.955 bits per heavy atom. The molecule has 3 rings (SSSR count). The molecule has 0 saturated heterocycles. The average Bonchev–Trinajstić information content (AvgIpc) is 2.71. The van der Waals surface area contributed by atoms with Gasteiger partial charge in [0.15, 0.2) is 0 Å². The summed E-state index contributed by atoms with van der Waals surface area (Å²) >= 11 is 0. The smallest absolute Gasteiger partial charge is 0.252 e. The molecule has 2 aromatic carbocycles. The summed E-state index contributed by atoms with van der Waals surface area (Å²) in [5, 5.41) is 8.66. The van der Waals surface area contributed by atoms with Gasteiger partial charge in [0, 0.05) is 0 Å². The van der Waals surface area contributed by atoms with Gasteiger partial charge in [-0.05, 0) is 36.1 Å². The number of fused-ring (bicyclic) bond motifs is 2. The third-order valence-corrected chi connectivity index (χ3v) is 3.81. The molecule has 1 aliphatic heterocycles. The number of nitrogens with zero attached hydrogens (tertiary/aromatic N) is 1. The molecule has 0 aromatic heterocycles. The maximum atomic E-state index is 12.6. The summed E-state index contributed by atoms with van der Waals surface area (Å²) in [6.45, 7) is 0. The summed E-state index contributed by atoms with van der Waals surface area (Å²) in [4.78, 5) is 25.5. The summed E-state index contributed by atoms with van der Waals surface area (Å²) in [5.41, 5.74) is 5.23. The maximum absolute atomic E-state index is 12.6. The number of rotatable bonds is 2. The summed E-state index contributed by atoms with van der Waals surface area (Å²) in [7, 11) is 0. The van der Waals surface area contributed by atoms with Crippen molar-refractivity contribution in [3.63, 3.8) is 0 Å². The van der Waals surface area contributed by atoms with Crippen molar-refractivity contribution in [3.05, 3.63) is 59.7 Å². The lowest BCUT2D eigenvalue weighted by Gasteiger charge is -2.24. The number of hydrogen-bond donors (Lipinski definition) is 2. The lowest BCUT2D eigenvalue weighted by molar-refractivity contribution is -0.133. The molecule has 2 N–H and O–H groups in total. The maximum Gasteiger partial charge on any atom is 0.252 e. The molecule has 0 fully saturated rings. The molecule has 0 aliphatic carbocycles. The zero-order valence-corrected chi connectivity index (χ0v) is 12.0. The van der Waals surface area contributed by atoms with Crippen molar-refractivity contribution in [1.82, 2.24) is 5.48 Å². The summed E-state index contributed by atoms with van der Waals surface area (Å²) in [6, 6.07) is 15.4. The molecular formula is C17H16N2O3. The number of carbonyl (C=O) groups is 2. The quantitative estimate of drug-likeness (QED) is 0.508. The zero-order valence-electron chi connectivity index (χ0n) is 12.0. The SMILES string of the molecule is O=C(CC(=O)N1c2ccccc2CCc2ccccc21)NO. The second-order valence-electron chi connectivity index (χ2n) is 5.20. The minimum absolute atomic E-state index is 0.367. The third kappa shape index (κ3) is 2.58. The van der Waals surface area contributed by atoms with Crippen LogP contribution in [0.15, 0.2) is 48.5 Å². The fourth-order valence-electron chi connectivity index (χ4n) is 2.80. The molecule has 5 nitrogen and oxygen atoms in total. The highest BCUT2D eigenvalue weighted by Crippen LogP contribution is 2.36. The third-order valence-electron chi connectivity index (χ3n) is 3.81. The molecule has 0 radical (unpaired) electrons. The first-order chi connectivity index (χ1) is 10.7. The number of hydroxylamine groups is 1. The Kier molecular flexibility index (Phi) is 3.89. The Hall–Kier alpha value is -2.66. The van der Waals surface area contributed by atoms with Crippen LogP contribution in [0, 0.1) is 0 Å². The normalized spacial score (nSPS) is 12.9. The van der Waals surface area contributed by atoms with E-state index in [1.54, 1.807) is 4.90 Å². The summed E-state index contributed by atoms with van der Waals surface area (Å²) in [6.07, 6.45) is 1.27. The van der Waals surface area contributed by atoms with Crippen LogP contribution < -0.4 is 10.4 Å². The van der Waals surface area contributed by atoms with Gasteiger partial charge in [-0.25, -0.2) is 5.48 Å². The number of para-hydroxylation sites is 2. The van der Waals surface area contributed by atoms with Gasteiger partial charge < -0.3 is 0 Å². The van der Waals surface area contributed by atoms with E-state index in [0.29, 0.717) is 0 Å². The molecule has 0 spiro atoms. The first kappa shape index (κ1) is 14.3. The van der Waals surface area contributed by atoms with Gasteiger partial charge in [0.2, 0.25) is 5.91 Å². The van der Waals surface area contributed by atoms with E-state index in [2.05, 4.69) is 0 Å². The van der Waals surface area contributed by atoms with Crippen LogP contribution >= 0.6 is 0 Å². The van der Waals surface area contributed by atoms with Crippen LogP contribution in [0.25, 0.3) is 0 Å². The van der Waals surface area contributed by atoms with Gasteiger partial charge in [-0.2, -0.15) is 0 Å². The van der Waals surface area contributed by atoms with E-state index in [0.717, 1.165) is 35.3 Å². The molecular weight excluding hydrogens is 280 g/mol. The molecule has 0 saturated carbocycles. The van der Waals surface area contributed by atoms with E-state index in [4.69, 9.17) is 5.21 Å². The predicted octanol–water partition coefficient (Wildman–Crippen LogP) is 2.35. The highest BCUT2D eigenvalue weighted by molar-refractivity contribution is 6.09. The van der Waals surface area contributed by atoms with Crippen molar-refractivity contribution in [2.75, 3.05) is 4.90 Å². The van der Waals surface area contributed by atoms with E-state index < -0.39 is 12.3 Å². The molecule has 0 atom stereocenters. The number of anilines is 2. The number of aryl methyl sites for hydroxylation is 2. The Bertz CT molecular complexity index is 680. The van der Waals surface area contributed by atoms with Crippen molar-refractivity contribution >= 4 is 23.2 Å². The first-order valence-electron chi connectivity index (χ1n) is 7.12. The second kappa shape index (κ2) is 5.99. The zero-order chi connectivity index (χ0) is 15.5. The largest absolute Gasteiger partial charge is 0.289 e. The van der Waals surface area contributed by atoms with Crippen LogP contribution in [-0.4, -0.2) is 17.0 Å². The molecule has 2 aromatic rings. The molecule has 2 amide bonds. The minimum Gasteiger partial charge on any atom is -0.289 e. The summed E-state index contributed by atoms with van der Waals surface area (Å²) < 4.78 is 0. The molecule has 112 valence electrons. The van der Waals surface area contributed by atoms with E-state index in [-0.39, 0.29) is 5.91 Å². The van der Waals surface area contributed by atoms with Gasteiger partial charge >= 0.3 is 0 Å². The number of benzene rings is 2. The fraction of sp³-hybridized carbons (Fsp3) is 0.176. The monoisotopic (exact) mass is 296 g/mol. The van der Waals surface area contributed by atoms with Gasteiger partial charge in [0.05, 0.1) is 11.4 Å². The molecule has 0 unspecified atom stereocenters. The van der Waals surface area contributed by atoms with E-state index in [9.17, 15) is 9.59 Å². The fourth-order valence-corrected chi connectivity index (χ4v) is 2.80. The number of carbonyl (C=O) groups excluding carboxylic acids is 2. The van der Waals surface area contributed by atoms with Gasteiger partial charge in [0.25, 0.3) is 5.91 Å². The topological polar surface area (TPSA) is 69.6 Å². The summed E-state index contributed by atoms with van der Waals surface area (Å²) in [5.74, 6) is -1.09. The van der Waals surface area contributed by atoms with Crippen molar-refractivity contribution in [2.24, 2.45) is 0 Å². The number of nitrogens with one attached hydrogen (secondary N) is 1. The Labute approximate surface area is 128 Å². The minimum atomic E-state index is -0.718. The Morgan fingerprint density at radius 2 is 1.45 bits per heavy atom. The Morgan fingerprint density at radius 3 is 1.95 bits per heavy atom. The molecule has 1 aliphatic rings. The molecule has 0 bridgehead atoms. The molecule has 22 heavy (non-hydrogen) atoms. The van der Waals surface area contributed by atoms with Gasteiger partial charge in [-0.1, -0.05) is 36.4 Å². The Balaban J connectivity index is 2.10. The lowest BCUT2D eigenvalue weighted by atomic mass is 10.0. The molecule has 1 heterocycles. The molecule has 5 heteroatoms. The van der Waals surface area contributed by atoms with Gasteiger partial charge in [0.1, 0.15) is 6.42 Å². The van der Waals surface area contributed by atoms with Crippen LogP contribution in [-0.2, 0) is 22.4 Å². The number of amides is 2. The number of hydrogen-bond acceptors (Lipinski definition) is 3. The van der Waals surface area contributed by atoms with Crippen LogP contribution in [0.1, 0.15) is 17.5 Å². The standard InChI is InChI=1S/C17H16N2O3/c20-16(18-22)11-17(21)19-14-7-3-1-5-12(14)9-10-13-6-2-4-8-15(13)19/h1-8,22H,9-11H2,(H,18,20). The van der Waals surface area contributed by atoms with E-state index >= 15 is 0 Å². The predicted molar refractivity (Wildman–Crippen MR) is 82.0 cm³/mol. The highest BCUT2D eigenvalue weighted by atomic mass is 16.5.